The van der Waals surface area contributed by atoms with Crippen molar-refractivity contribution in [1.29, 1.82) is 0 Å². The third kappa shape index (κ3) is 12.2. The van der Waals surface area contributed by atoms with Crippen LogP contribution in [0, 0.1) is 5.92 Å². The van der Waals surface area contributed by atoms with Gasteiger partial charge >= 0.3 is 5.97 Å². The number of hydrogen-bond donors (Lipinski definition) is 1. The Morgan fingerprint density at radius 2 is 1.67 bits per heavy atom. The average molecular weight is 280 g/mol. The molecule has 0 bridgehead atoms. The van der Waals surface area contributed by atoms with Crippen molar-refractivity contribution in [3.63, 3.8) is 0 Å². The van der Waals surface area contributed by atoms with Crippen LogP contribution in [0.2, 0.25) is 0 Å². The van der Waals surface area contributed by atoms with Crippen LogP contribution in [0.15, 0.2) is 0 Å². The fraction of sp³-hybridized carbons (Fsp3) is 0.929. The average Bonchev–Trinajstić information content (AvgIpc) is 2.26. The lowest BCUT2D eigenvalue weighted by Crippen LogP contribution is -2.33. The van der Waals surface area contributed by atoms with Crippen molar-refractivity contribution in [2.45, 2.75) is 71.8 Å². The molecule has 1 unspecified atom stereocenters. The molecule has 0 radical (unpaired) electrons. The third-order valence-electron chi connectivity index (χ3n) is 2.77. The molecule has 2 N–H and O–H groups in total. The second-order valence-electron chi connectivity index (χ2n) is 5.17. The van der Waals surface area contributed by atoms with E-state index in [9.17, 15) is 4.79 Å². The summed E-state index contributed by atoms with van der Waals surface area (Å²) in [6, 6.07) is -0.449. The highest BCUT2D eigenvalue weighted by Crippen LogP contribution is 2.07. The Balaban J connectivity index is 0. The largest absolute Gasteiger partial charge is 0.465 e. The molecule has 18 heavy (non-hydrogen) atoms. The first-order valence-corrected chi connectivity index (χ1v) is 7.00. The summed E-state index contributed by atoms with van der Waals surface area (Å²) in [5.41, 5.74) is 5.72. The van der Waals surface area contributed by atoms with Crippen LogP contribution in [0.25, 0.3) is 0 Å². The number of unbranched alkanes of at least 4 members (excludes halogenated alkanes) is 5. The summed E-state index contributed by atoms with van der Waals surface area (Å²) in [7, 11) is 0. The van der Waals surface area contributed by atoms with Crippen molar-refractivity contribution in [3.05, 3.63) is 0 Å². The zero-order valence-electron chi connectivity index (χ0n) is 12.1. The summed E-state index contributed by atoms with van der Waals surface area (Å²) in [5.74, 6) is 0.193. The number of esters is 1. The van der Waals surface area contributed by atoms with Crippen LogP contribution < -0.4 is 5.73 Å². The quantitative estimate of drug-likeness (QED) is 0.490. The topological polar surface area (TPSA) is 52.3 Å². The van der Waals surface area contributed by atoms with Gasteiger partial charge in [0, 0.05) is 0 Å². The first-order chi connectivity index (χ1) is 8.07. The Hall–Kier alpha value is -0.280. The second-order valence-corrected chi connectivity index (χ2v) is 5.17. The Morgan fingerprint density at radius 3 is 2.22 bits per heavy atom. The van der Waals surface area contributed by atoms with Crippen LogP contribution in [0.3, 0.4) is 0 Å². The monoisotopic (exact) mass is 279 g/mol. The van der Waals surface area contributed by atoms with Gasteiger partial charge in [-0.1, -0.05) is 52.9 Å². The third-order valence-corrected chi connectivity index (χ3v) is 2.77. The van der Waals surface area contributed by atoms with Crippen LogP contribution in [0.1, 0.15) is 65.7 Å². The van der Waals surface area contributed by atoms with E-state index in [1.54, 1.807) is 0 Å². The smallest absolute Gasteiger partial charge is 0.322 e. The highest BCUT2D eigenvalue weighted by molar-refractivity contribution is 5.85. The number of nitrogens with two attached hydrogens (primary N) is 1. The molecule has 0 aliphatic rings. The van der Waals surface area contributed by atoms with Crippen molar-refractivity contribution in [1.82, 2.24) is 0 Å². The fourth-order valence-corrected chi connectivity index (χ4v) is 1.77. The van der Waals surface area contributed by atoms with Crippen LogP contribution in [0.5, 0.6) is 0 Å². The molecule has 1 atom stereocenters. The Bertz CT molecular complexity index is 198. The highest BCUT2D eigenvalue weighted by Gasteiger charge is 2.15. The minimum atomic E-state index is -0.449. The van der Waals surface area contributed by atoms with Crippen molar-refractivity contribution < 1.29 is 9.53 Å². The number of hydrogen-bond acceptors (Lipinski definition) is 3. The zero-order valence-corrected chi connectivity index (χ0v) is 12.9. The van der Waals surface area contributed by atoms with Crippen LogP contribution in [0.4, 0.5) is 0 Å². The summed E-state index contributed by atoms with van der Waals surface area (Å²) in [6.45, 7) is 6.84. The maximum Gasteiger partial charge on any atom is 0.322 e. The normalized spacial score (nSPS) is 12.1. The van der Waals surface area contributed by atoms with E-state index in [1.807, 2.05) is 0 Å². The van der Waals surface area contributed by atoms with Gasteiger partial charge in [0.05, 0.1) is 6.61 Å². The molecule has 0 heterocycles. The standard InChI is InChI=1S/C14H29NO2.ClH/c1-4-5-6-7-8-9-10-17-14(16)13(15)11-12(2)3;/h12-13H,4-11,15H2,1-3H3;1H. The van der Waals surface area contributed by atoms with E-state index < -0.39 is 6.04 Å². The van der Waals surface area contributed by atoms with Gasteiger partial charge in [-0.05, 0) is 18.8 Å². The summed E-state index contributed by atoms with van der Waals surface area (Å²) in [5, 5.41) is 0. The van der Waals surface area contributed by atoms with E-state index in [-0.39, 0.29) is 18.4 Å². The number of carbonyl (C=O) groups excluding carboxylic acids is 1. The van der Waals surface area contributed by atoms with E-state index in [0.717, 1.165) is 12.8 Å². The lowest BCUT2D eigenvalue weighted by molar-refractivity contribution is -0.145. The number of carbonyl (C=O) groups is 1. The lowest BCUT2D eigenvalue weighted by Gasteiger charge is -2.13. The van der Waals surface area contributed by atoms with Gasteiger partial charge in [0.15, 0.2) is 0 Å². The number of rotatable bonds is 10. The predicted molar refractivity (Wildman–Crippen MR) is 79.0 cm³/mol. The molecule has 0 aromatic heterocycles. The zero-order chi connectivity index (χ0) is 13.1. The van der Waals surface area contributed by atoms with Crippen molar-refractivity contribution in [3.8, 4) is 0 Å². The maximum atomic E-state index is 11.5. The first-order valence-electron chi connectivity index (χ1n) is 7.00. The molecule has 110 valence electrons. The van der Waals surface area contributed by atoms with Gasteiger partial charge in [0.25, 0.3) is 0 Å². The van der Waals surface area contributed by atoms with Gasteiger partial charge in [-0.15, -0.1) is 12.4 Å². The van der Waals surface area contributed by atoms with Crippen molar-refractivity contribution in [2.75, 3.05) is 6.61 Å². The molecule has 0 aromatic rings. The molecule has 0 fully saturated rings. The first kappa shape index (κ1) is 20.0. The van der Waals surface area contributed by atoms with Crippen molar-refractivity contribution >= 4 is 18.4 Å². The Labute approximate surface area is 118 Å². The van der Waals surface area contributed by atoms with Gasteiger partial charge in [0.1, 0.15) is 6.04 Å². The SMILES string of the molecule is CCCCCCCCOC(=O)C(N)CC(C)C.Cl. The van der Waals surface area contributed by atoms with Gasteiger partial charge in [-0.3, -0.25) is 4.79 Å². The number of halogens is 1. The Kier molecular flexibility index (Phi) is 14.7. The number of ether oxygens (including phenoxy) is 1. The van der Waals surface area contributed by atoms with E-state index in [1.165, 1.54) is 25.7 Å². The molecular formula is C14H30ClNO2. The van der Waals surface area contributed by atoms with Crippen LogP contribution >= 0.6 is 12.4 Å². The van der Waals surface area contributed by atoms with E-state index in [0.29, 0.717) is 18.9 Å². The van der Waals surface area contributed by atoms with E-state index in [2.05, 4.69) is 20.8 Å². The maximum absolute atomic E-state index is 11.5. The van der Waals surface area contributed by atoms with Crippen LogP contribution in [-0.4, -0.2) is 18.6 Å². The summed E-state index contributed by atoms with van der Waals surface area (Å²) in [4.78, 5) is 11.5. The molecule has 0 saturated heterocycles. The van der Waals surface area contributed by atoms with Gasteiger partial charge < -0.3 is 10.5 Å². The lowest BCUT2D eigenvalue weighted by atomic mass is 10.1. The fourth-order valence-electron chi connectivity index (χ4n) is 1.77. The minimum absolute atomic E-state index is 0. The van der Waals surface area contributed by atoms with E-state index >= 15 is 0 Å². The minimum Gasteiger partial charge on any atom is -0.465 e. The predicted octanol–water partition coefficient (Wildman–Crippen LogP) is 3.69. The summed E-state index contributed by atoms with van der Waals surface area (Å²) < 4.78 is 5.15. The molecular weight excluding hydrogens is 250 g/mol. The highest BCUT2D eigenvalue weighted by atomic mass is 35.5. The summed E-state index contributed by atoms with van der Waals surface area (Å²) in [6.07, 6.45) is 7.91. The second kappa shape index (κ2) is 13.2. The van der Waals surface area contributed by atoms with Gasteiger partial charge in [0.2, 0.25) is 0 Å². The molecule has 3 nitrogen and oxygen atoms in total. The molecule has 0 aliphatic carbocycles. The van der Waals surface area contributed by atoms with Crippen LogP contribution in [-0.2, 0) is 9.53 Å². The molecule has 0 amide bonds. The van der Waals surface area contributed by atoms with E-state index in [4.69, 9.17) is 10.5 Å². The van der Waals surface area contributed by atoms with Crippen molar-refractivity contribution in [2.24, 2.45) is 11.7 Å². The van der Waals surface area contributed by atoms with Gasteiger partial charge in [-0.2, -0.15) is 0 Å². The molecule has 0 aliphatic heterocycles. The molecule has 4 heteroatoms. The van der Waals surface area contributed by atoms with Gasteiger partial charge in [-0.25, -0.2) is 0 Å². The Morgan fingerprint density at radius 1 is 1.11 bits per heavy atom. The summed E-state index contributed by atoms with van der Waals surface area (Å²) >= 11 is 0. The molecule has 0 spiro atoms. The molecule has 0 saturated carbocycles. The molecule has 0 aromatic carbocycles. The molecule has 0 rings (SSSR count).